The number of carbonyl (C=O) groups is 1. The van der Waals surface area contributed by atoms with Crippen LogP contribution in [-0.4, -0.2) is 13.0 Å². The highest BCUT2D eigenvalue weighted by Gasteiger charge is 2.13. The van der Waals surface area contributed by atoms with Crippen LogP contribution in [0.25, 0.3) is 11.0 Å². The van der Waals surface area contributed by atoms with E-state index in [0.717, 1.165) is 15.8 Å². The van der Waals surface area contributed by atoms with E-state index >= 15 is 0 Å². The molecule has 0 radical (unpaired) electrons. The molecule has 122 valence electrons. The Hall–Kier alpha value is -2.60. The number of rotatable bonds is 4. The number of carbonyl (C=O) groups excluding carboxylic acids is 1. The van der Waals surface area contributed by atoms with Gasteiger partial charge in [0.25, 0.3) is 5.91 Å². The van der Waals surface area contributed by atoms with Gasteiger partial charge in [0.05, 0.1) is 7.11 Å². The van der Waals surface area contributed by atoms with E-state index in [1.54, 1.807) is 25.3 Å². The number of hydrogen-bond donors (Lipinski definition) is 1. The molecule has 0 aliphatic heterocycles. The van der Waals surface area contributed by atoms with Crippen LogP contribution in [0.4, 0.5) is 0 Å². The Morgan fingerprint density at radius 1 is 1.17 bits per heavy atom. The fraction of sp³-hybridized carbons (Fsp3) is 0.111. The maximum absolute atomic E-state index is 12.3. The van der Waals surface area contributed by atoms with Crippen LogP contribution in [-0.2, 0) is 6.54 Å². The summed E-state index contributed by atoms with van der Waals surface area (Å²) in [5, 5.41) is 3.40. The molecule has 0 saturated carbocycles. The molecular formula is C18H14BrNO4. The van der Waals surface area contributed by atoms with Crippen molar-refractivity contribution in [2.45, 2.75) is 6.54 Å². The third-order valence-corrected chi connectivity index (χ3v) is 4.04. The average Bonchev–Trinajstić information content (AvgIpc) is 2.60. The zero-order valence-corrected chi connectivity index (χ0v) is 14.4. The van der Waals surface area contributed by atoms with E-state index in [1.807, 2.05) is 24.3 Å². The molecule has 0 unspecified atom stereocenters. The molecule has 6 heteroatoms. The van der Waals surface area contributed by atoms with E-state index in [9.17, 15) is 9.59 Å². The Kier molecular flexibility index (Phi) is 4.66. The Labute approximate surface area is 146 Å². The number of ether oxygens (including phenoxy) is 1. The van der Waals surface area contributed by atoms with Gasteiger partial charge in [-0.2, -0.15) is 0 Å². The van der Waals surface area contributed by atoms with Crippen molar-refractivity contribution in [3.63, 3.8) is 0 Å². The monoisotopic (exact) mass is 387 g/mol. The van der Waals surface area contributed by atoms with Crippen LogP contribution in [0.1, 0.15) is 15.9 Å². The first-order valence-electron chi connectivity index (χ1n) is 7.21. The smallest absolute Gasteiger partial charge is 0.349 e. The fourth-order valence-electron chi connectivity index (χ4n) is 2.27. The maximum Gasteiger partial charge on any atom is 0.349 e. The minimum absolute atomic E-state index is 0.0193. The third-order valence-electron chi connectivity index (χ3n) is 3.55. The van der Waals surface area contributed by atoms with Crippen LogP contribution in [0.3, 0.4) is 0 Å². The lowest BCUT2D eigenvalue weighted by Crippen LogP contribution is -2.27. The quantitative estimate of drug-likeness (QED) is 0.695. The van der Waals surface area contributed by atoms with Crippen LogP contribution in [0.2, 0.25) is 0 Å². The predicted octanol–water partition coefficient (Wildman–Crippen LogP) is 3.49. The maximum atomic E-state index is 12.3. The number of nitrogens with one attached hydrogen (secondary N) is 1. The second kappa shape index (κ2) is 6.88. The zero-order chi connectivity index (χ0) is 17.1. The van der Waals surface area contributed by atoms with E-state index in [0.29, 0.717) is 17.5 Å². The van der Waals surface area contributed by atoms with Gasteiger partial charge in [0.15, 0.2) is 0 Å². The third kappa shape index (κ3) is 3.49. The second-order valence-corrected chi connectivity index (χ2v) is 6.08. The molecule has 0 saturated heterocycles. The van der Waals surface area contributed by atoms with Crippen molar-refractivity contribution in [3.8, 4) is 5.75 Å². The molecule has 1 aromatic heterocycles. The van der Waals surface area contributed by atoms with Crippen LogP contribution < -0.4 is 15.7 Å². The molecule has 0 atom stereocenters. The summed E-state index contributed by atoms with van der Waals surface area (Å²) in [5.41, 5.74) is 0.665. The lowest BCUT2D eigenvalue weighted by molar-refractivity contribution is 0.0947. The summed E-state index contributed by atoms with van der Waals surface area (Å²) in [5.74, 6) is 0.271. The summed E-state index contributed by atoms with van der Waals surface area (Å²) in [4.78, 5) is 24.3. The van der Waals surface area contributed by atoms with E-state index in [2.05, 4.69) is 21.2 Å². The van der Waals surface area contributed by atoms with Gasteiger partial charge in [0, 0.05) is 16.4 Å². The second-order valence-electron chi connectivity index (χ2n) is 5.16. The molecule has 2 aromatic carbocycles. The van der Waals surface area contributed by atoms with Gasteiger partial charge in [0.2, 0.25) is 0 Å². The van der Waals surface area contributed by atoms with E-state index < -0.39 is 11.5 Å². The van der Waals surface area contributed by atoms with Crippen LogP contribution >= 0.6 is 15.9 Å². The fourth-order valence-corrected chi connectivity index (χ4v) is 2.65. The Morgan fingerprint density at radius 2 is 1.92 bits per heavy atom. The molecule has 0 aliphatic rings. The van der Waals surface area contributed by atoms with Crippen molar-refractivity contribution >= 4 is 32.8 Å². The van der Waals surface area contributed by atoms with Gasteiger partial charge in [-0.1, -0.05) is 28.1 Å². The molecule has 0 bridgehead atoms. The Balaban J connectivity index is 1.80. The zero-order valence-electron chi connectivity index (χ0n) is 12.8. The first-order valence-corrected chi connectivity index (χ1v) is 8.00. The normalized spacial score (nSPS) is 10.6. The highest BCUT2D eigenvalue weighted by atomic mass is 79.9. The molecule has 24 heavy (non-hydrogen) atoms. The standard InChI is InChI=1S/C18H14BrNO4/c1-23-14-5-2-11(3-6-14)10-20-17(21)15-9-12-8-13(19)4-7-16(12)24-18(15)22/h2-9H,10H2,1H3,(H,20,21). The number of halogens is 1. The molecule has 5 nitrogen and oxygen atoms in total. The highest BCUT2D eigenvalue weighted by Crippen LogP contribution is 2.19. The SMILES string of the molecule is COc1ccc(CNC(=O)c2cc3cc(Br)ccc3oc2=O)cc1. The van der Waals surface area contributed by atoms with Gasteiger partial charge in [-0.25, -0.2) is 4.79 Å². The molecule has 1 amide bonds. The van der Waals surface area contributed by atoms with Gasteiger partial charge in [-0.15, -0.1) is 0 Å². The molecule has 0 fully saturated rings. The van der Waals surface area contributed by atoms with Gasteiger partial charge < -0.3 is 14.5 Å². The Morgan fingerprint density at radius 3 is 2.62 bits per heavy atom. The lowest BCUT2D eigenvalue weighted by atomic mass is 10.1. The van der Waals surface area contributed by atoms with Gasteiger partial charge in [0.1, 0.15) is 16.9 Å². The van der Waals surface area contributed by atoms with Crippen molar-refractivity contribution in [1.29, 1.82) is 0 Å². The number of fused-ring (bicyclic) bond motifs is 1. The summed E-state index contributed by atoms with van der Waals surface area (Å²) in [6, 6.07) is 14.1. The van der Waals surface area contributed by atoms with Crippen LogP contribution in [0.15, 0.2) is 62.2 Å². The summed E-state index contributed by atoms with van der Waals surface area (Å²) >= 11 is 3.35. The van der Waals surface area contributed by atoms with Gasteiger partial charge in [-0.05, 0) is 42.0 Å². The first-order chi connectivity index (χ1) is 11.6. The number of methoxy groups -OCH3 is 1. The number of benzene rings is 2. The van der Waals surface area contributed by atoms with Crippen molar-refractivity contribution < 1.29 is 13.9 Å². The number of hydrogen-bond acceptors (Lipinski definition) is 4. The van der Waals surface area contributed by atoms with E-state index in [4.69, 9.17) is 9.15 Å². The van der Waals surface area contributed by atoms with Crippen molar-refractivity contribution in [2.24, 2.45) is 0 Å². The van der Waals surface area contributed by atoms with Crippen LogP contribution in [0, 0.1) is 0 Å². The topological polar surface area (TPSA) is 68.5 Å². The molecule has 1 N–H and O–H groups in total. The van der Waals surface area contributed by atoms with E-state index in [-0.39, 0.29) is 5.56 Å². The summed E-state index contributed by atoms with van der Waals surface area (Å²) < 4.78 is 11.1. The van der Waals surface area contributed by atoms with Crippen molar-refractivity contribution in [3.05, 3.63) is 74.6 Å². The lowest BCUT2D eigenvalue weighted by Gasteiger charge is -2.06. The average molecular weight is 388 g/mol. The molecule has 0 aliphatic carbocycles. The van der Waals surface area contributed by atoms with Gasteiger partial charge >= 0.3 is 5.63 Å². The molecular weight excluding hydrogens is 374 g/mol. The summed E-state index contributed by atoms with van der Waals surface area (Å²) in [7, 11) is 1.59. The first kappa shape index (κ1) is 16.3. The largest absolute Gasteiger partial charge is 0.497 e. The van der Waals surface area contributed by atoms with E-state index in [1.165, 1.54) is 6.07 Å². The molecule has 3 rings (SSSR count). The van der Waals surface area contributed by atoms with Crippen molar-refractivity contribution in [2.75, 3.05) is 7.11 Å². The molecule has 0 spiro atoms. The van der Waals surface area contributed by atoms with Crippen LogP contribution in [0.5, 0.6) is 5.75 Å². The molecule has 3 aromatic rings. The van der Waals surface area contributed by atoms with Crippen molar-refractivity contribution in [1.82, 2.24) is 5.32 Å². The Bertz CT molecular complexity index is 947. The highest BCUT2D eigenvalue weighted by molar-refractivity contribution is 9.10. The molecule has 1 heterocycles. The summed E-state index contributed by atoms with van der Waals surface area (Å²) in [6.45, 7) is 0.304. The summed E-state index contributed by atoms with van der Waals surface area (Å²) in [6.07, 6.45) is 0. The predicted molar refractivity (Wildman–Crippen MR) is 94.3 cm³/mol. The minimum Gasteiger partial charge on any atom is -0.497 e. The minimum atomic E-state index is -0.656. The number of amides is 1. The van der Waals surface area contributed by atoms with Gasteiger partial charge in [-0.3, -0.25) is 4.79 Å².